The molecule has 0 saturated carbocycles. The number of nitrogens with one attached hydrogen (secondary N) is 1. The van der Waals surface area contributed by atoms with Crippen molar-refractivity contribution in [3.8, 4) is 17.2 Å². The average Bonchev–Trinajstić information content (AvgIpc) is 2.65. The maximum absolute atomic E-state index is 10.7. The molecule has 0 atom stereocenters. The molecule has 0 saturated heterocycles. The number of H-pyrrole nitrogens is 1. The van der Waals surface area contributed by atoms with Gasteiger partial charge in [-0.1, -0.05) is 6.07 Å². The van der Waals surface area contributed by atoms with E-state index in [0.29, 0.717) is 11.3 Å². The first-order valence-electron chi connectivity index (χ1n) is 3.99. The predicted molar refractivity (Wildman–Crippen MR) is 49.1 cm³/mol. The predicted octanol–water partition coefficient (Wildman–Crippen LogP) is 1.04. The van der Waals surface area contributed by atoms with E-state index in [1.165, 1.54) is 0 Å². The minimum Gasteiger partial charge on any atom is -0.497 e. The van der Waals surface area contributed by atoms with Gasteiger partial charge in [0.2, 0.25) is 0 Å². The molecule has 1 heterocycles. The summed E-state index contributed by atoms with van der Waals surface area (Å²) in [5.41, 5.74) is 0.200. The van der Waals surface area contributed by atoms with Crippen molar-refractivity contribution < 1.29 is 9.26 Å². The van der Waals surface area contributed by atoms with E-state index >= 15 is 0 Å². The van der Waals surface area contributed by atoms with Gasteiger partial charge in [0.25, 0.3) is 5.89 Å². The fourth-order valence-electron chi connectivity index (χ4n) is 1.11. The number of hydrogen-bond acceptors (Lipinski definition) is 4. The van der Waals surface area contributed by atoms with Crippen LogP contribution in [0.4, 0.5) is 0 Å². The van der Waals surface area contributed by atoms with Crippen molar-refractivity contribution in [3.05, 3.63) is 34.7 Å². The van der Waals surface area contributed by atoms with Gasteiger partial charge in [-0.25, -0.2) is 4.79 Å². The highest BCUT2D eigenvalue weighted by Gasteiger charge is 2.05. The molecule has 0 unspecified atom stereocenters. The maximum atomic E-state index is 10.7. The lowest BCUT2D eigenvalue weighted by atomic mass is 10.2. The monoisotopic (exact) mass is 192 g/mol. The highest BCUT2D eigenvalue weighted by molar-refractivity contribution is 5.55. The molecule has 5 heteroatoms. The van der Waals surface area contributed by atoms with Gasteiger partial charge in [0.15, 0.2) is 0 Å². The second-order valence-electron chi connectivity index (χ2n) is 2.66. The largest absolute Gasteiger partial charge is 0.497 e. The van der Waals surface area contributed by atoms with Gasteiger partial charge >= 0.3 is 5.69 Å². The number of aromatic nitrogens is 2. The zero-order valence-corrected chi connectivity index (χ0v) is 7.48. The molecule has 14 heavy (non-hydrogen) atoms. The minimum atomic E-state index is -0.497. The average molecular weight is 192 g/mol. The summed E-state index contributed by atoms with van der Waals surface area (Å²) in [6.45, 7) is 0. The molecule has 2 aromatic rings. The smallest absolute Gasteiger partial charge is 0.377 e. The van der Waals surface area contributed by atoms with Gasteiger partial charge in [0.05, 0.1) is 7.11 Å². The van der Waals surface area contributed by atoms with Crippen LogP contribution in [0.5, 0.6) is 5.75 Å². The van der Waals surface area contributed by atoms with Gasteiger partial charge in [-0.3, -0.25) is 0 Å². The number of hydrogen-bond donors (Lipinski definition) is 1. The van der Waals surface area contributed by atoms with Crippen LogP contribution in [0.2, 0.25) is 0 Å². The molecule has 5 nitrogen and oxygen atoms in total. The normalized spacial score (nSPS) is 10.1. The molecule has 2 rings (SSSR count). The third-order valence-electron chi connectivity index (χ3n) is 1.75. The second-order valence-corrected chi connectivity index (χ2v) is 2.66. The minimum absolute atomic E-state index is 0.258. The van der Waals surface area contributed by atoms with Crippen LogP contribution >= 0.6 is 0 Å². The van der Waals surface area contributed by atoms with Gasteiger partial charge in [-0.2, -0.15) is 10.1 Å². The summed E-state index contributed by atoms with van der Waals surface area (Å²) < 4.78 is 9.87. The van der Waals surface area contributed by atoms with E-state index < -0.39 is 5.69 Å². The standard InChI is InChI=1S/C9H8N2O3/c1-13-7-4-2-3-6(5-7)8-10-9(12)11-14-8/h2-5H,1H3,(H,11,12). The van der Waals surface area contributed by atoms with Crippen molar-refractivity contribution in [2.24, 2.45) is 0 Å². The van der Waals surface area contributed by atoms with E-state index in [1.54, 1.807) is 31.4 Å². The van der Waals surface area contributed by atoms with Gasteiger partial charge in [0.1, 0.15) is 5.75 Å². The van der Waals surface area contributed by atoms with E-state index in [1.807, 2.05) is 0 Å². The van der Waals surface area contributed by atoms with Crippen LogP contribution in [0.3, 0.4) is 0 Å². The van der Waals surface area contributed by atoms with Crippen molar-refractivity contribution in [1.82, 2.24) is 10.1 Å². The topological polar surface area (TPSA) is 68.1 Å². The fraction of sp³-hybridized carbons (Fsp3) is 0.111. The van der Waals surface area contributed by atoms with E-state index in [0.717, 1.165) is 0 Å². The summed E-state index contributed by atoms with van der Waals surface area (Å²) in [4.78, 5) is 14.3. The van der Waals surface area contributed by atoms with Crippen molar-refractivity contribution in [3.63, 3.8) is 0 Å². The number of rotatable bonds is 2. The zero-order valence-electron chi connectivity index (χ0n) is 7.48. The van der Waals surface area contributed by atoms with E-state index in [-0.39, 0.29) is 5.89 Å². The Morgan fingerprint density at radius 1 is 1.50 bits per heavy atom. The van der Waals surface area contributed by atoms with Crippen molar-refractivity contribution in [2.45, 2.75) is 0 Å². The Labute approximate surface area is 79.3 Å². The molecule has 1 aromatic carbocycles. The lowest BCUT2D eigenvalue weighted by Gasteiger charge is -1.99. The molecular weight excluding hydrogens is 184 g/mol. The summed E-state index contributed by atoms with van der Waals surface area (Å²) >= 11 is 0. The quantitative estimate of drug-likeness (QED) is 0.771. The van der Waals surface area contributed by atoms with E-state index in [9.17, 15) is 4.79 Å². The Bertz CT molecular complexity index is 487. The lowest BCUT2D eigenvalue weighted by Crippen LogP contribution is -1.99. The summed E-state index contributed by atoms with van der Waals surface area (Å²) in [7, 11) is 1.57. The van der Waals surface area contributed by atoms with Crippen molar-refractivity contribution in [1.29, 1.82) is 0 Å². The van der Waals surface area contributed by atoms with E-state index in [2.05, 4.69) is 10.1 Å². The molecule has 0 radical (unpaired) electrons. The van der Waals surface area contributed by atoms with Crippen LogP contribution in [-0.4, -0.2) is 17.3 Å². The van der Waals surface area contributed by atoms with Crippen molar-refractivity contribution in [2.75, 3.05) is 7.11 Å². The highest BCUT2D eigenvalue weighted by Crippen LogP contribution is 2.20. The van der Waals surface area contributed by atoms with Crippen LogP contribution in [0.1, 0.15) is 0 Å². The molecule has 0 fully saturated rings. The van der Waals surface area contributed by atoms with Crippen molar-refractivity contribution >= 4 is 0 Å². The number of nitrogens with zero attached hydrogens (tertiary/aromatic N) is 1. The molecule has 0 bridgehead atoms. The highest BCUT2D eigenvalue weighted by atomic mass is 16.5. The Morgan fingerprint density at radius 2 is 2.36 bits per heavy atom. The van der Waals surface area contributed by atoms with E-state index in [4.69, 9.17) is 9.26 Å². The van der Waals surface area contributed by atoms with Gasteiger partial charge in [-0.05, 0) is 18.2 Å². The first-order valence-corrected chi connectivity index (χ1v) is 3.99. The third-order valence-corrected chi connectivity index (χ3v) is 1.75. The first-order chi connectivity index (χ1) is 6.79. The molecule has 1 N–H and O–H groups in total. The molecule has 0 amide bonds. The Balaban J connectivity index is 2.46. The third kappa shape index (κ3) is 1.52. The molecule has 0 spiro atoms. The van der Waals surface area contributed by atoms with Crippen LogP contribution in [0, 0.1) is 0 Å². The lowest BCUT2D eigenvalue weighted by molar-refractivity contribution is 0.412. The summed E-state index contributed by atoms with van der Waals surface area (Å²) in [6.07, 6.45) is 0. The number of benzene rings is 1. The summed E-state index contributed by atoms with van der Waals surface area (Å²) in [5, 5.41) is 2.12. The molecule has 0 aliphatic heterocycles. The van der Waals surface area contributed by atoms with Crippen LogP contribution in [0.15, 0.2) is 33.6 Å². The number of aromatic amines is 1. The Morgan fingerprint density at radius 3 is 3.00 bits per heavy atom. The first kappa shape index (κ1) is 8.55. The SMILES string of the molecule is COc1cccc(-c2nc(=O)[nH]o2)c1. The Hall–Kier alpha value is -2.04. The number of ether oxygens (including phenoxy) is 1. The molecular formula is C9H8N2O3. The number of methoxy groups -OCH3 is 1. The van der Waals surface area contributed by atoms with Crippen LogP contribution in [-0.2, 0) is 0 Å². The fourth-order valence-corrected chi connectivity index (χ4v) is 1.11. The second kappa shape index (κ2) is 3.37. The Kier molecular flexibility index (Phi) is 2.06. The summed E-state index contributed by atoms with van der Waals surface area (Å²) in [6, 6.07) is 7.11. The van der Waals surface area contributed by atoms with Gasteiger partial charge < -0.3 is 9.26 Å². The molecule has 72 valence electrons. The van der Waals surface area contributed by atoms with Crippen LogP contribution < -0.4 is 10.4 Å². The van der Waals surface area contributed by atoms with Gasteiger partial charge in [-0.15, -0.1) is 0 Å². The van der Waals surface area contributed by atoms with Crippen LogP contribution in [0.25, 0.3) is 11.5 Å². The van der Waals surface area contributed by atoms with Gasteiger partial charge in [0, 0.05) is 5.56 Å². The molecule has 0 aliphatic carbocycles. The molecule has 0 aliphatic rings. The maximum Gasteiger partial charge on any atom is 0.377 e. The summed E-state index contributed by atoms with van der Waals surface area (Å²) in [5.74, 6) is 0.946. The zero-order chi connectivity index (χ0) is 9.97. The molecule has 1 aromatic heterocycles.